The van der Waals surface area contributed by atoms with Crippen LogP contribution in [0.3, 0.4) is 0 Å². The van der Waals surface area contributed by atoms with E-state index in [1.807, 2.05) is 6.20 Å². The van der Waals surface area contributed by atoms with Crippen LogP contribution in [0, 0.1) is 0 Å². The summed E-state index contributed by atoms with van der Waals surface area (Å²) in [5.74, 6) is 0. The predicted molar refractivity (Wildman–Crippen MR) is 64.1 cm³/mol. The predicted octanol–water partition coefficient (Wildman–Crippen LogP) is 1.56. The van der Waals surface area contributed by atoms with E-state index in [-0.39, 0.29) is 0 Å². The van der Waals surface area contributed by atoms with Crippen molar-refractivity contribution in [3.8, 4) is 0 Å². The third-order valence-electron chi connectivity index (χ3n) is 2.63. The summed E-state index contributed by atoms with van der Waals surface area (Å²) in [6.45, 7) is 5.09. The summed E-state index contributed by atoms with van der Waals surface area (Å²) in [5.41, 5.74) is 2.52. The van der Waals surface area contributed by atoms with Crippen molar-refractivity contribution in [2.45, 2.75) is 26.4 Å². The summed E-state index contributed by atoms with van der Waals surface area (Å²) < 4.78 is 2.19. The van der Waals surface area contributed by atoms with E-state index in [0.717, 1.165) is 26.1 Å². The minimum Gasteiger partial charge on any atom is -0.354 e. The minimum atomic E-state index is 0.932. The molecule has 2 aromatic rings. The third kappa shape index (κ3) is 2.97. The quantitative estimate of drug-likeness (QED) is 0.723. The van der Waals surface area contributed by atoms with E-state index in [4.69, 9.17) is 0 Å². The molecule has 0 aliphatic rings. The molecule has 0 unspecified atom stereocenters. The summed E-state index contributed by atoms with van der Waals surface area (Å²) in [4.78, 5) is 7.08. The molecule has 0 aliphatic carbocycles. The Morgan fingerprint density at radius 2 is 2.44 bits per heavy atom. The molecule has 0 spiro atoms. The number of hydrogen-bond donors (Lipinski definition) is 2. The standard InChI is InChI=1S/C12H18N4/c1-2-16-6-4-11(9-16)7-13-5-3-12-8-14-10-15-12/h4,6,8-10,13H,2-3,5,7H2,1H3,(H,14,15). The molecular formula is C12H18N4. The number of imidazole rings is 1. The van der Waals surface area contributed by atoms with Crippen LogP contribution in [-0.2, 0) is 19.5 Å². The zero-order valence-corrected chi connectivity index (χ0v) is 9.61. The van der Waals surface area contributed by atoms with Crippen molar-refractivity contribution in [2.24, 2.45) is 0 Å². The van der Waals surface area contributed by atoms with Crippen LogP contribution in [0.25, 0.3) is 0 Å². The monoisotopic (exact) mass is 218 g/mol. The Balaban J connectivity index is 1.68. The number of nitrogens with one attached hydrogen (secondary N) is 2. The molecule has 0 amide bonds. The van der Waals surface area contributed by atoms with E-state index < -0.39 is 0 Å². The molecule has 4 nitrogen and oxygen atoms in total. The number of nitrogens with zero attached hydrogens (tertiary/aromatic N) is 2. The molecular weight excluding hydrogens is 200 g/mol. The van der Waals surface area contributed by atoms with Gasteiger partial charge in [-0.25, -0.2) is 4.98 Å². The third-order valence-corrected chi connectivity index (χ3v) is 2.63. The second-order valence-electron chi connectivity index (χ2n) is 3.85. The van der Waals surface area contributed by atoms with Crippen LogP contribution >= 0.6 is 0 Å². The van der Waals surface area contributed by atoms with Crippen LogP contribution in [0.4, 0.5) is 0 Å². The summed E-state index contributed by atoms with van der Waals surface area (Å²) in [7, 11) is 0. The fraction of sp³-hybridized carbons (Fsp3) is 0.417. The van der Waals surface area contributed by atoms with Crippen LogP contribution < -0.4 is 5.32 Å². The van der Waals surface area contributed by atoms with E-state index in [1.54, 1.807) is 6.33 Å². The Labute approximate surface area is 95.7 Å². The van der Waals surface area contributed by atoms with Gasteiger partial charge in [-0.15, -0.1) is 0 Å². The fourth-order valence-corrected chi connectivity index (χ4v) is 1.67. The van der Waals surface area contributed by atoms with Gasteiger partial charge in [0.05, 0.1) is 6.33 Å². The summed E-state index contributed by atoms with van der Waals surface area (Å²) in [6.07, 6.45) is 8.88. The first-order valence-corrected chi connectivity index (χ1v) is 5.71. The molecule has 0 saturated heterocycles. The van der Waals surface area contributed by atoms with Crippen molar-refractivity contribution in [3.05, 3.63) is 42.2 Å². The first-order chi connectivity index (χ1) is 7.88. The summed E-state index contributed by atoms with van der Waals surface area (Å²) >= 11 is 0. The molecule has 0 radical (unpaired) electrons. The lowest BCUT2D eigenvalue weighted by atomic mass is 10.3. The van der Waals surface area contributed by atoms with Crippen LogP contribution in [0.2, 0.25) is 0 Å². The largest absolute Gasteiger partial charge is 0.354 e. The summed E-state index contributed by atoms with van der Waals surface area (Å²) in [6, 6.07) is 2.16. The van der Waals surface area contributed by atoms with Crippen molar-refractivity contribution in [1.82, 2.24) is 19.9 Å². The summed E-state index contributed by atoms with van der Waals surface area (Å²) in [5, 5.41) is 3.42. The van der Waals surface area contributed by atoms with Crippen LogP contribution in [0.15, 0.2) is 31.0 Å². The van der Waals surface area contributed by atoms with Gasteiger partial charge in [0, 0.05) is 50.3 Å². The molecule has 0 fully saturated rings. The molecule has 0 aromatic carbocycles. The fourth-order valence-electron chi connectivity index (χ4n) is 1.67. The van der Waals surface area contributed by atoms with E-state index in [2.05, 4.69) is 45.2 Å². The topological polar surface area (TPSA) is 45.6 Å². The van der Waals surface area contributed by atoms with Gasteiger partial charge < -0.3 is 14.9 Å². The highest BCUT2D eigenvalue weighted by molar-refractivity contribution is 5.09. The molecule has 0 atom stereocenters. The first-order valence-electron chi connectivity index (χ1n) is 5.71. The maximum atomic E-state index is 3.99. The van der Waals surface area contributed by atoms with Crippen molar-refractivity contribution in [1.29, 1.82) is 0 Å². The minimum absolute atomic E-state index is 0.932. The second-order valence-corrected chi connectivity index (χ2v) is 3.85. The Bertz CT molecular complexity index is 402. The molecule has 2 rings (SSSR count). The van der Waals surface area contributed by atoms with Gasteiger partial charge in [-0.05, 0) is 18.6 Å². The maximum absolute atomic E-state index is 3.99. The number of aryl methyl sites for hydroxylation is 1. The lowest BCUT2D eigenvalue weighted by Gasteiger charge is -2.01. The maximum Gasteiger partial charge on any atom is 0.0921 e. The normalized spacial score (nSPS) is 10.8. The zero-order valence-electron chi connectivity index (χ0n) is 9.61. The van der Waals surface area contributed by atoms with Gasteiger partial charge in [0.2, 0.25) is 0 Å². The van der Waals surface area contributed by atoms with E-state index in [1.165, 1.54) is 11.3 Å². The highest BCUT2D eigenvalue weighted by Gasteiger charge is 1.96. The molecule has 4 heteroatoms. The number of aromatic nitrogens is 3. The van der Waals surface area contributed by atoms with Crippen molar-refractivity contribution >= 4 is 0 Å². The van der Waals surface area contributed by atoms with Crippen LogP contribution in [0.5, 0.6) is 0 Å². The first kappa shape index (κ1) is 11.0. The molecule has 0 saturated carbocycles. The van der Waals surface area contributed by atoms with Gasteiger partial charge in [0.25, 0.3) is 0 Å². The van der Waals surface area contributed by atoms with Crippen LogP contribution in [-0.4, -0.2) is 21.1 Å². The Hall–Kier alpha value is -1.55. The van der Waals surface area contributed by atoms with E-state index in [0.29, 0.717) is 0 Å². The average molecular weight is 218 g/mol. The number of H-pyrrole nitrogens is 1. The van der Waals surface area contributed by atoms with Gasteiger partial charge in [0.1, 0.15) is 0 Å². The Morgan fingerprint density at radius 3 is 3.12 bits per heavy atom. The van der Waals surface area contributed by atoms with Gasteiger partial charge in [-0.1, -0.05) is 0 Å². The average Bonchev–Trinajstić information content (AvgIpc) is 2.95. The van der Waals surface area contributed by atoms with Gasteiger partial charge in [-0.2, -0.15) is 0 Å². The highest BCUT2D eigenvalue weighted by atomic mass is 14.9. The van der Waals surface area contributed by atoms with E-state index in [9.17, 15) is 0 Å². The molecule has 2 heterocycles. The SMILES string of the molecule is CCn1ccc(CNCCc2cnc[nH]2)c1. The Morgan fingerprint density at radius 1 is 1.50 bits per heavy atom. The Kier molecular flexibility index (Phi) is 3.77. The lowest BCUT2D eigenvalue weighted by molar-refractivity contribution is 0.677. The highest BCUT2D eigenvalue weighted by Crippen LogP contribution is 2.00. The van der Waals surface area contributed by atoms with Crippen molar-refractivity contribution in [3.63, 3.8) is 0 Å². The van der Waals surface area contributed by atoms with Crippen molar-refractivity contribution in [2.75, 3.05) is 6.54 Å². The second kappa shape index (κ2) is 5.51. The van der Waals surface area contributed by atoms with Gasteiger partial charge in [-0.3, -0.25) is 0 Å². The molecule has 0 bridgehead atoms. The van der Waals surface area contributed by atoms with Gasteiger partial charge in [0.15, 0.2) is 0 Å². The van der Waals surface area contributed by atoms with Crippen LogP contribution in [0.1, 0.15) is 18.2 Å². The zero-order chi connectivity index (χ0) is 11.2. The molecule has 86 valence electrons. The molecule has 2 N–H and O–H groups in total. The molecule has 0 aliphatic heterocycles. The number of aromatic amines is 1. The van der Waals surface area contributed by atoms with Gasteiger partial charge >= 0.3 is 0 Å². The van der Waals surface area contributed by atoms with E-state index >= 15 is 0 Å². The molecule has 2 aromatic heterocycles. The molecule has 16 heavy (non-hydrogen) atoms. The number of rotatable bonds is 6. The number of hydrogen-bond acceptors (Lipinski definition) is 2. The smallest absolute Gasteiger partial charge is 0.0921 e. The van der Waals surface area contributed by atoms with Crippen molar-refractivity contribution < 1.29 is 0 Å². The lowest BCUT2D eigenvalue weighted by Crippen LogP contribution is -2.16.